The average molecular weight is 290 g/mol. The van der Waals surface area contributed by atoms with Crippen LogP contribution in [0.4, 0.5) is 0 Å². The monoisotopic (exact) mass is 290 g/mol. The van der Waals surface area contributed by atoms with Crippen molar-refractivity contribution in [3.8, 4) is 16.3 Å². The highest BCUT2D eigenvalue weighted by molar-refractivity contribution is 7.21. The minimum Gasteiger partial charge on any atom is -0.434 e. The zero-order chi connectivity index (χ0) is 13.8. The molecule has 2 heterocycles. The van der Waals surface area contributed by atoms with E-state index in [-0.39, 0.29) is 0 Å². The summed E-state index contributed by atoms with van der Waals surface area (Å²) in [7, 11) is 0. The van der Waals surface area contributed by atoms with E-state index in [4.69, 9.17) is 4.74 Å². The molecule has 1 aromatic heterocycles. The van der Waals surface area contributed by atoms with E-state index in [9.17, 15) is 0 Å². The van der Waals surface area contributed by atoms with Gasteiger partial charge in [0, 0.05) is 11.5 Å². The Morgan fingerprint density at radius 2 is 1.76 bits per heavy atom. The molecule has 2 nitrogen and oxygen atoms in total. The highest BCUT2D eigenvalue weighted by Gasteiger charge is 2.30. The van der Waals surface area contributed by atoms with Crippen LogP contribution < -0.4 is 9.30 Å². The van der Waals surface area contributed by atoms with Gasteiger partial charge in [0.1, 0.15) is 16.0 Å². The predicted molar refractivity (Wildman–Crippen MR) is 85.6 cm³/mol. The first-order chi connectivity index (χ1) is 10.4. The number of rotatable bonds is 0. The maximum absolute atomic E-state index is 6.10. The topological polar surface area (TPSA) is 13.1 Å². The van der Waals surface area contributed by atoms with Crippen LogP contribution in [0.2, 0.25) is 0 Å². The van der Waals surface area contributed by atoms with E-state index in [1.54, 1.807) is 0 Å². The molecule has 0 unspecified atom stereocenters. The summed E-state index contributed by atoms with van der Waals surface area (Å²) in [5, 5.41) is 3.70. The van der Waals surface area contributed by atoms with Gasteiger partial charge in [0.25, 0.3) is 11.7 Å². The summed E-state index contributed by atoms with van der Waals surface area (Å²) in [6.45, 7) is 0.584. The normalized spacial score (nSPS) is 13.0. The van der Waals surface area contributed by atoms with Gasteiger partial charge in [-0.25, -0.2) is 0 Å². The molecular formula is C18H12NOS+. The van der Waals surface area contributed by atoms with E-state index in [1.165, 1.54) is 31.6 Å². The molecule has 0 saturated carbocycles. The quantitative estimate of drug-likeness (QED) is 0.439. The lowest BCUT2D eigenvalue weighted by molar-refractivity contribution is -0.689. The maximum Gasteiger partial charge on any atom is 0.294 e. The summed E-state index contributed by atoms with van der Waals surface area (Å²) in [4.78, 5) is 0. The van der Waals surface area contributed by atoms with Gasteiger partial charge in [0.05, 0.1) is 0 Å². The Kier molecular flexibility index (Phi) is 2.18. The van der Waals surface area contributed by atoms with Gasteiger partial charge >= 0.3 is 0 Å². The molecule has 0 bridgehead atoms. The van der Waals surface area contributed by atoms with Crippen LogP contribution in [-0.2, 0) is 6.73 Å². The highest BCUT2D eigenvalue weighted by atomic mass is 32.1. The van der Waals surface area contributed by atoms with Crippen molar-refractivity contribution in [1.82, 2.24) is 0 Å². The lowest BCUT2D eigenvalue weighted by Gasteiger charge is -2.15. The largest absolute Gasteiger partial charge is 0.434 e. The fourth-order valence-electron chi connectivity index (χ4n) is 3.06. The number of ether oxygens (including phenoxy) is 1. The van der Waals surface area contributed by atoms with Crippen LogP contribution in [0.3, 0.4) is 0 Å². The molecule has 0 radical (unpaired) electrons. The van der Waals surface area contributed by atoms with Crippen LogP contribution >= 0.6 is 11.3 Å². The van der Waals surface area contributed by atoms with Gasteiger partial charge in [-0.15, -0.1) is 4.57 Å². The number of benzene rings is 3. The Morgan fingerprint density at radius 1 is 0.905 bits per heavy atom. The zero-order valence-corrected chi connectivity index (χ0v) is 12.1. The lowest BCUT2D eigenvalue weighted by Crippen LogP contribution is -2.39. The fourth-order valence-corrected chi connectivity index (χ4v) is 4.23. The number of fused-ring (bicyclic) bond motifs is 7. The van der Waals surface area contributed by atoms with Crippen LogP contribution in [0.1, 0.15) is 0 Å². The van der Waals surface area contributed by atoms with Crippen molar-refractivity contribution in [3.63, 3.8) is 0 Å². The van der Waals surface area contributed by atoms with Gasteiger partial charge in [-0.3, -0.25) is 0 Å². The van der Waals surface area contributed by atoms with E-state index < -0.39 is 0 Å². The van der Waals surface area contributed by atoms with Gasteiger partial charge in [0.2, 0.25) is 5.52 Å². The molecule has 0 saturated heterocycles. The summed E-state index contributed by atoms with van der Waals surface area (Å²) < 4.78 is 9.66. The molecule has 0 amide bonds. The number of para-hydroxylation sites is 1. The molecule has 3 heteroatoms. The molecule has 0 N–H and O–H groups in total. The summed E-state index contributed by atoms with van der Waals surface area (Å²) in [6.07, 6.45) is 0. The van der Waals surface area contributed by atoms with Gasteiger partial charge in [-0.2, -0.15) is 0 Å². The van der Waals surface area contributed by atoms with Crippen LogP contribution in [0, 0.1) is 0 Å². The number of hydrogen-bond acceptors (Lipinski definition) is 2. The summed E-state index contributed by atoms with van der Waals surface area (Å²) in [6, 6.07) is 21.3. The Morgan fingerprint density at radius 3 is 2.76 bits per heavy atom. The lowest BCUT2D eigenvalue weighted by atomic mass is 10.0. The smallest absolute Gasteiger partial charge is 0.294 e. The van der Waals surface area contributed by atoms with Crippen molar-refractivity contribution in [1.29, 1.82) is 0 Å². The Hall–Kier alpha value is -2.39. The second-order valence-electron chi connectivity index (χ2n) is 5.24. The molecule has 5 rings (SSSR count). The second-order valence-corrected chi connectivity index (χ2v) is 6.27. The average Bonchev–Trinajstić information content (AvgIpc) is 2.93. The minimum absolute atomic E-state index is 0.584. The van der Waals surface area contributed by atoms with Crippen molar-refractivity contribution < 1.29 is 9.30 Å². The minimum atomic E-state index is 0.584. The molecule has 0 aliphatic carbocycles. The molecule has 0 atom stereocenters. The third-order valence-corrected chi connectivity index (χ3v) is 5.25. The summed E-state index contributed by atoms with van der Waals surface area (Å²) >= 11 is 1.83. The van der Waals surface area contributed by atoms with E-state index in [1.807, 2.05) is 11.3 Å². The van der Waals surface area contributed by atoms with Crippen molar-refractivity contribution in [3.05, 3.63) is 60.7 Å². The molecule has 0 fully saturated rings. The van der Waals surface area contributed by atoms with E-state index >= 15 is 0 Å². The van der Waals surface area contributed by atoms with Crippen molar-refractivity contribution in [2.24, 2.45) is 0 Å². The zero-order valence-electron chi connectivity index (χ0n) is 11.2. The SMILES string of the molecule is c1ccc2c3c(ccc2c1)-c1sc2ccccc2[n+]1CO3. The van der Waals surface area contributed by atoms with Gasteiger partial charge < -0.3 is 4.74 Å². The van der Waals surface area contributed by atoms with Crippen molar-refractivity contribution >= 4 is 32.3 Å². The van der Waals surface area contributed by atoms with Crippen LogP contribution in [0.15, 0.2) is 60.7 Å². The molecule has 1 aliphatic heterocycles. The van der Waals surface area contributed by atoms with Crippen molar-refractivity contribution in [2.75, 3.05) is 0 Å². The van der Waals surface area contributed by atoms with Gasteiger partial charge in [0.15, 0.2) is 0 Å². The predicted octanol–water partition coefficient (Wildman–Crippen LogP) is 4.36. The van der Waals surface area contributed by atoms with Crippen molar-refractivity contribution in [2.45, 2.75) is 6.73 Å². The Bertz CT molecular complexity index is 1000. The maximum atomic E-state index is 6.10. The molecular weight excluding hydrogens is 278 g/mol. The van der Waals surface area contributed by atoms with Crippen LogP contribution in [0.5, 0.6) is 5.75 Å². The molecule has 0 spiro atoms. The molecule has 100 valence electrons. The highest BCUT2D eigenvalue weighted by Crippen LogP contribution is 2.41. The third kappa shape index (κ3) is 1.49. The number of aromatic nitrogens is 1. The number of thiazole rings is 1. The second kappa shape index (κ2) is 4.06. The standard InChI is InChI=1S/C18H12NOS/c1-2-6-13-12(5-1)9-10-14-17(13)20-11-19-15-7-3-4-8-16(15)21-18(14)19/h1-10H,11H2/q+1. The number of hydrogen-bond donors (Lipinski definition) is 0. The first kappa shape index (κ1) is 11.3. The third-order valence-electron chi connectivity index (χ3n) is 4.06. The molecule has 21 heavy (non-hydrogen) atoms. The first-order valence-electron chi connectivity index (χ1n) is 6.98. The van der Waals surface area contributed by atoms with E-state index in [0.717, 1.165) is 5.75 Å². The van der Waals surface area contributed by atoms with Gasteiger partial charge in [-0.1, -0.05) is 53.8 Å². The van der Waals surface area contributed by atoms with E-state index in [2.05, 4.69) is 65.2 Å². The Balaban J connectivity index is 1.89. The molecule has 1 aliphatic rings. The summed E-state index contributed by atoms with van der Waals surface area (Å²) in [5.74, 6) is 1.01. The van der Waals surface area contributed by atoms with Crippen LogP contribution in [-0.4, -0.2) is 0 Å². The number of nitrogens with zero attached hydrogens (tertiary/aromatic N) is 1. The first-order valence-corrected chi connectivity index (χ1v) is 7.80. The van der Waals surface area contributed by atoms with Crippen LogP contribution in [0.25, 0.3) is 31.6 Å². The molecule has 3 aromatic carbocycles. The fraction of sp³-hybridized carbons (Fsp3) is 0.0556. The van der Waals surface area contributed by atoms with E-state index in [0.29, 0.717) is 6.73 Å². The molecule has 4 aromatic rings. The van der Waals surface area contributed by atoms with Gasteiger partial charge in [-0.05, 0) is 17.5 Å². The Labute approximate surface area is 125 Å². The summed E-state index contributed by atoms with van der Waals surface area (Å²) in [5.41, 5.74) is 2.44.